The summed E-state index contributed by atoms with van der Waals surface area (Å²) in [7, 11) is 0. The molecule has 0 spiro atoms. The lowest BCUT2D eigenvalue weighted by Crippen LogP contribution is -2.48. The van der Waals surface area contributed by atoms with Crippen molar-refractivity contribution in [2.75, 3.05) is 19.6 Å². The van der Waals surface area contributed by atoms with Gasteiger partial charge in [0.2, 0.25) is 0 Å². The molecule has 1 amide bonds. The molecule has 0 aromatic heterocycles. The number of carbonyl (C=O) groups is 1. The molecular weight excluding hydrogens is 228 g/mol. The molecule has 0 unspecified atom stereocenters. The minimum atomic E-state index is -0.406. The second-order valence-corrected chi connectivity index (χ2v) is 6.71. The van der Waals surface area contributed by atoms with Gasteiger partial charge < -0.3 is 15.4 Å². The first-order chi connectivity index (χ1) is 8.40. The third kappa shape index (κ3) is 3.37. The molecule has 1 aliphatic carbocycles. The smallest absolute Gasteiger partial charge is 0.410 e. The third-order valence-electron chi connectivity index (χ3n) is 3.99. The molecule has 2 rings (SSSR count). The lowest BCUT2D eigenvalue weighted by molar-refractivity contribution is 0.00875. The molecule has 18 heavy (non-hydrogen) atoms. The largest absolute Gasteiger partial charge is 0.444 e. The van der Waals surface area contributed by atoms with E-state index in [1.807, 2.05) is 25.7 Å². The second-order valence-electron chi connectivity index (χ2n) is 6.71. The molecule has 1 heterocycles. The predicted octanol–water partition coefficient (Wildman–Crippen LogP) is 2.23. The summed E-state index contributed by atoms with van der Waals surface area (Å²) in [4.78, 5) is 13.9. The molecule has 104 valence electrons. The molecule has 4 nitrogen and oxygen atoms in total. The molecule has 2 N–H and O–H groups in total. The van der Waals surface area contributed by atoms with Crippen LogP contribution in [-0.4, -0.2) is 36.2 Å². The van der Waals surface area contributed by atoms with Crippen LogP contribution in [0.2, 0.25) is 0 Å². The Bertz CT molecular complexity index is 307. The van der Waals surface area contributed by atoms with Crippen LogP contribution in [0.3, 0.4) is 0 Å². The van der Waals surface area contributed by atoms with Crippen LogP contribution in [0.25, 0.3) is 0 Å². The van der Waals surface area contributed by atoms with E-state index in [0.717, 1.165) is 32.0 Å². The standard InChI is InChI=1S/C14H26N2O2/c1-14(2,3)18-13(17)16-7-6-11(8-15)12(9-16)10-4-5-10/h10-12H,4-9,15H2,1-3H3/t11-,12+/m0/s1. The molecule has 2 atom stereocenters. The number of amides is 1. The zero-order valence-corrected chi connectivity index (χ0v) is 11.8. The van der Waals surface area contributed by atoms with E-state index in [4.69, 9.17) is 10.5 Å². The van der Waals surface area contributed by atoms with Gasteiger partial charge in [-0.15, -0.1) is 0 Å². The zero-order valence-electron chi connectivity index (χ0n) is 11.8. The fraction of sp³-hybridized carbons (Fsp3) is 0.929. The molecule has 2 fully saturated rings. The zero-order chi connectivity index (χ0) is 13.3. The van der Waals surface area contributed by atoms with Crippen molar-refractivity contribution >= 4 is 6.09 Å². The van der Waals surface area contributed by atoms with Gasteiger partial charge in [0.15, 0.2) is 0 Å². The number of likely N-dealkylation sites (tertiary alicyclic amines) is 1. The minimum Gasteiger partial charge on any atom is -0.444 e. The van der Waals surface area contributed by atoms with Gasteiger partial charge in [-0.1, -0.05) is 0 Å². The third-order valence-corrected chi connectivity index (χ3v) is 3.99. The number of rotatable bonds is 2. The Morgan fingerprint density at radius 3 is 2.50 bits per heavy atom. The summed E-state index contributed by atoms with van der Waals surface area (Å²) >= 11 is 0. The Balaban J connectivity index is 1.93. The topological polar surface area (TPSA) is 55.6 Å². The van der Waals surface area contributed by atoms with Crippen molar-refractivity contribution in [3.63, 3.8) is 0 Å². The minimum absolute atomic E-state index is 0.163. The van der Waals surface area contributed by atoms with Crippen molar-refractivity contribution in [3.05, 3.63) is 0 Å². The lowest BCUT2D eigenvalue weighted by atomic mass is 9.82. The van der Waals surface area contributed by atoms with Crippen LogP contribution in [0, 0.1) is 17.8 Å². The van der Waals surface area contributed by atoms with E-state index in [1.165, 1.54) is 12.8 Å². The predicted molar refractivity (Wildman–Crippen MR) is 71.2 cm³/mol. The molecule has 0 aromatic carbocycles. The quantitative estimate of drug-likeness (QED) is 0.822. The van der Waals surface area contributed by atoms with E-state index in [9.17, 15) is 4.79 Å². The Morgan fingerprint density at radius 2 is 2.00 bits per heavy atom. The fourth-order valence-corrected chi connectivity index (χ4v) is 2.87. The average molecular weight is 254 g/mol. The van der Waals surface area contributed by atoms with E-state index in [-0.39, 0.29) is 6.09 Å². The van der Waals surface area contributed by atoms with Gasteiger partial charge in [-0.25, -0.2) is 4.79 Å². The van der Waals surface area contributed by atoms with Crippen molar-refractivity contribution < 1.29 is 9.53 Å². The summed E-state index contributed by atoms with van der Waals surface area (Å²) in [6.07, 6.45) is 3.48. The van der Waals surface area contributed by atoms with Crippen molar-refractivity contribution in [1.29, 1.82) is 0 Å². The molecule has 4 heteroatoms. The molecule has 1 saturated carbocycles. The van der Waals surface area contributed by atoms with Crippen LogP contribution in [0.5, 0.6) is 0 Å². The highest BCUT2D eigenvalue weighted by Crippen LogP contribution is 2.43. The Kier molecular flexibility index (Phi) is 3.85. The van der Waals surface area contributed by atoms with Crippen LogP contribution in [0.1, 0.15) is 40.0 Å². The van der Waals surface area contributed by atoms with Gasteiger partial charge in [-0.2, -0.15) is 0 Å². The SMILES string of the molecule is CC(C)(C)OC(=O)N1CC[C@@H](CN)[C@@H](C2CC2)C1. The first kappa shape index (κ1) is 13.7. The number of ether oxygens (including phenoxy) is 1. The number of hydrogen-bond donors (Lipinski definition) is 1. The molecular formula is C14H26N2O2. The maximum atomic E-state index is 12.1. The summed E-state index contributed by atoms with van der Waals surface area (Å²) in [6.45, 7) is 8.12. The molecule has 1 saturated heterocycles. The maximum Gasteiger partial charge on any atom is 0.410 e. The Labute approximate surface area is 110 Å². The number of nitrogens with zero attached hydrogens (tertiary/aromatic N) is 1. The Hall–Kier alpha value is -0.770. The molecule has 0 bridgehead atoms. The summed E-state index contributed by atoms with van der Waals surface area (Å²) in [5.41, 5.74) is 5.44. The number of piperidine rings is 1. The first-order valence-corrected chi connectivity index (χ1v) is 7.08. The highest BCUT2D eigenvalue weighted by molar-refractivity contribution is 5.68. The van der Waals surface area contributed by atoms with Crippen LogP contribution in [0.15, 0.2) is 0 Å². The average Bonchev–Trinajstić information content (AvgIpc) is 3.09. The molecule has 2 aliphatic rings. The van der Waals surface area contributed by atoms with Gasteiger partial charge in [0.1, 0.15) is 5.60 Å². The van der Waals surface area contributed by atoms with Gasteiger partial charge in [0, 0.05) is 13.1 Å². The molecule has 0 aromatic rings. The summed E-state index contributed by atoms with van der Waals surface area (Å²) < 4.78 is 5.45. The van der Waals surface area contributed by atoms with Crippen LogP contribution in [-0.2, 0) is 4.74 Å². The molecule has 1 aliphatic heterocycles. The number of hydrogen-bond acceptors (Lipinski definition) is 3. The van der Waals surface area contributed by atoms with Crippen LogP contribution >= 0.6 is 0 Å². The number of nitrogens with two attached hydrogens (primary N) is 1. The summed E-state index contributed by atoms with van der Waals surface area (Å²) in [6, 6.07) is 0. The van der Waals surface area contributed by atoms with Crippen LogP contribution in [0.4, 0.5) is 4.79 Å². The normalized spacial score (nSPS) is 29.2. The maximum absolute atomic E-state index is 12.1. The van der Waals surface area contributed by atoms with E-state index in [1.54, 1.807) is 0 Å². The lowest BCUT2D eigenvalue weighted by Gasteiger charge is -2.39. The van der Waals surface area contributed by atoms with E-state index >= 15 is 0 Å². The monoisotopic (exact) mass is 254 g/mol. The van der Waals surface area contributed by atoms with E-state index < -0.39 is 5.60 Å². The summed E-state index contributed by atoms with van der Waals surface area (Å²) in [5, 5.41) is 0. The second kappa shape index (κ2) is 5.08. The summed E-state index contributed by atoms with van der Waals surface area (Å²) in [5.74, 6) is 1.98. The van der Waals surface area contributed by atoms with Crippen molar-refractivity contribution in [2.45, 2.75) is 45.6 Å². The number of carbonyl (C=O) groups excluding carboxylic acids is 1. The van der Waals surface area contributed by atoms with E-state index in [0.29, 0.717) is 11.8 Å². The fourth-order valence-electron chi connectivity index (χ4n) is 2.87. The van der Waals surface area contributed by atoms with Crippen molar-refractivity contribution in [3.8, 4) is 0 Å². The van der Waals surface area contributed by atoms with Crippen molar-refractivity contribution in [1.82, 2.24) is 4.90 Å². The Morgan fingerprint density at radius 1 is 1.33 bits per heavy atom. The van der Waals surface area contributed by atoms with E-state index in [2.05, 4.69) is 0 Å². The van der Waals surface area contributed by atoms with Gasteiger partial charge in [0.05, 0.1) is 0 Å². The van der Waals surface area contributed by atoms with Crippen molar-refractivity contribution in [2.24, 2.45) is 23.5 Å². The van der Waals surface area contributed by atoms with Gasteiger partial charge in [-0.3, -0.25) is 0 Å². The van der Waals surface area contributed by atoms with Gasteiger partial charge >= 0.3 is 6.09 Å². The highest BCUT2D eigenvalue weighted by Gasteiger charge is 2.41. The van der Waals surface area contributed by atoms with Gasteiger partial charge in [-0.05, 0) is 64.3 Å². The van der Waals surface area contributed by atoms with Gasteiger partial charge in [0.25, 0.3) is 0 Å². The van der Waals surface area contributed by atoms with Crippen LogP contribution < -0.4 is 5.73 Å². The molecule has 0 radical (unpaired) electrons. The highest BCUT2D eigenvalue weighted by atomic mass is 16.6. The first-order valence-electron chi connectivity index (χ1n) is 7.08.